The Morgan fingerprint density at radius 2 is 2.09 bits per heavy atom. The summed E-state index contributed by atoms with van der Waals surface area (Å²) in [5, 5.41) is 24.4. The van der Waals surface area contributed by atoms with E-state index in [1.165, 1.54) is 16.8 Å². The van der Waals surface area contributed by atoms with Crippen LogP contribution in [0.15, 0.2) is 29.1 Å². The summed E-state index contributed by atoms with van der Waals surface area (Å²) in [6, 6.07) is 8.00. The van der Waals surface area contributed by atoms with Gasteiger partial charge in [-0.3, -0.25) is 14.9 Å². The third-order valence-electron chi connectivity index (χ3n) is 3.59. The van der Waals surface area contributed by atoms with E-state index in [0.717, 1.165) is 0 Å². The molecule has 0 amide bonds. The van der Waals surface area contributed by atoms with E-state index in [9.17, 15) is 20.2 Å². The number of hydrogen-bond donors (Lipinski definition) is 0. The Kier molecular flexibility index (Phi) is 4.86. The lowest BCUT2D eigenvalue weighted by Gasteiger charge is -2.11. The lowest BCUT2D eigenvalue weighted by Crippen LogP contribution is -2.29. The summed E-state index contributed by atoms with van der Waals surface area (Å²) in [6.45, 7) is 3.87. The minimum absolute atomic E-state index is 0.0445. The fourth-order valence-corrected chi connectivity index (χ4v) is 2.48. The zero-order valence-electron chi connectivity index (χ0n) is 12.9. The molecule has 23 heavy (non-hydrogen) atoms. The zero-order valence-corrected chi connectivity index (χ0v) is 12.9. The third kappa shape index (κ3) is 3.26. The SMILES string of the molecule is CCc1nn(Cc2cccc([N+](=O)[O-])c2)c(=O)c(C#N)c1CC. The molecule has 118 valence electrons. The third-order valence-corrected chi connectivity index (χ3v) is 3.59. The Morgan fingerprint density at radius 1 is 1.35 bits per heavy atom. The van der Waals surface area contributed by atoms with Gasteiger partial charge in [-0.15, -0.1) is 0 Å². The van der Waals surface area contributed by atoms with Crippen molar-refractivity contribution in [3.63, 3.8) is 0 Å². The molecule has 0 unspecified atom stereocenters. The summed E-state index contributed by atoms with van der Waals surface area (Å²) >= 11 is 0. The van der Waals surface area contributed by atoms with Crippen LogP contribution in [0.4, 0.5) is 5.69 Å². The number of benzene rings is 1. The van der Waals surface area contributed by atoms with Gasteiger partial charge in [0, 0.05) is 12.1 Å². The molecule has 7 nitrogen and oxygen atoms in total. The van der Waals surface area contributed by atoms with Crippen molar-refractivity contribution in [2.24, 2.45) is 0 Å². The van der Waals surface area contributed by atoms with E-state index in [1.54, 1.807) is 12.1 Å². The Bertz CT molecular complexity index is 849. The van der Waals surface area contributed by atoms with Gasteiger partial charge in [0.25, 0.3) is 11.2 Å². The summed E-state index contributed by atoms with van der Waals surface area (Å²) in [5.41, 5.74) is 1.56. The zero-order chi connectivity index (χ0) is 17.0. The molecule has 0 atom stereocenters. The predicted molar refractivity (Wildman–Crippen MR) is 84.2 cm³/mol. The van der Waals surface area contributed by atoms with Crippen LogP contribution in [-0.4, -0.2) is 14.7 Å². The number of aryl methyl sites for hydroxylation is 1. The van der Waals surface area contributed by atoms with Crippen LogP contribution in [0.5, 0.6) is 0 Å². The van der Waals surface area contributed by atoms with Crippen LogP contribution in [0.1, 0.15) is 36.2 Å². The van der Waals surface area contributed by atoms with E-state index in [0.29, 0.717) is 29.7 Å². The van der Waals surface area contributed by atoms with Crippen LogP contribution >= 0.6 is 0 Å². The first-order chi connectivity index (χ1) is 11.0. The van der Waals surface area contributed by atoms with Gasteiger partial charge in [0.15, 0.2) is 0 Å². The summed E-state index contributed by atoms with van der Waals surface area (Å²) in [4.78, 5) is 22.8. The summed E-state index contributed by atoms with van der Waals surface area (Å²) in [5.74, 6) is 0. The lowest BCUT2D eigenvalue weighted by molar-refractivity contribution is -0.384. The van der Waals surface area contributed by atoms with Crippen molar-refractivity contribution in [2.45, 2.75) is 33.2 Å². The van der Waals surface area contributed by atoms with Gasteiger partial charge < -0.3 is 0 Å². The molecule has 1 aromatic carbocycles. The summed E-state index contributed by atoms with van der Waals surface area (Å²) in [6.07, 6.45) is 1.17. The topological polar surface area (TPSA) is 102 Å². The van der Waals surface area contributed by atoms with E-state index in [4.69, 9.17) is 0 Å². The number of nitro benzene ring substituents is 1. The number of rotatable bonds is 5. The van der Waals surface area contributed by atoms with Crippen LogP contribution in [0, 0.1) is 21.4 Å². The molecule has 0 bridgehead atoms. The molecule has 1 heterocycles. The van der Waals surface area contributed by atoms with Gasteiger partial charge in [-0.25, -0.2) is 4.68 Å². The normalized spacial score (nSPS) is 10.3. The van der Waals surface area contributed by atoms with Crippen molar-refractivity contribution in [2.75, 3.05) is 0 Å². The minimum atomic E-state index is -0.488. The largest absolute Gasteiger partial charge is 0.285 e. The average Bonchev–Trinajstić information content (AvgIpc) is 2.56. The highest BCUT2D eigenvalue weighted by Gasteiger charge is 2.15. The molecule has 2 aromatic rings. The van der Waals surface area contributed by atoms with Gasteiger partial charge in [-0.2, -0.15) is 10.4 Å². The molecule has 0 aliphatic carbocycles. The number of non-ortho nitro benzene ring substituents is 1. The Hall–Kier alpha value is -3.01. The first-order valence-electron chi connectivity index (χ1n) is 7.28. The number of aromatic nitrogens is 2. The summed E-state index contributed by atoms with van der Waals surface area (Å²) in [7, 11) is 0. The van der Waals surface area contributed by atoms with Gasteiger partial charge in [0.2, 0.25) is 0 Å². The maximum atomic E-state index is 12.4. The molecule has 0 fully saturated rings. The van der Waals surface area contributed by atoms with Crippen molar-refractivity contribution >= 4 is 5.69 Å². The van der Waals surface area contributed by atoms with Crippen LogP contribution in [0.2, 0.25) is 0 Å². The molecular weight excluding hydrogens is 296 g/mol. The van der Waals surface area contributed by atoms with Gasteiger partial charge in [0.05, 0.1) is 17.2 Å². The monoisotopic (exact) mass is 312 g/mol. The molecule has 7 heteroatoms. The Labute approximate surface area is 133 Å². The van der Waals surface area contributed by atoms with E-state index in [1.807, 2.05) is 19.9 Å². The highest BCUT2D eigenvalue weighted by atomic mass is 16.6. The van der Waals surface area contributed by atoms with Gasteiger partial charge in [-0.1, -0.05) is 26.0 Å². The first kappa shape index (κ1) is 16.4. The van der Waals surface area contributed by atoms with Crippen LogP contribution in [0.25, 0.3) is 0 Å². The molecule has 2 rings (SSSR count). The maximum Gasteiger partial charge on any atom is 0.285 e. The van der Waals surface area contributed by atoms with Crippen LogP contribution in [-0.2, 0) is 19.4 Å². The van der Waals surface area contributed by atoms with Crippen molar-refractivity contribution in [3.8, 4) is 6.07 Å². The average molecular weight is 312 g/mol. The predicted octanol–water partition coefficient (Wildman–Crippen LogP) is 2.20. The number of nitrogens with zero attached hydrogens (tertiary/aromatic N) is 4. The Balaban J connectivity index is 2.53. The van der Waals surface area contributed by atoms with E-state index in [-0.39, 0.29) is 17.8 Å². The molecule has 0 aliphatic heterocycles. The highest BCUT2D eigenvalue weighted by Crippen LogP contribution is 2.15. The van der Waals surface area contributed by atoms with Crippen LogP contribution in [0.3, 0.4) is 0 Å². The highest BCUT2D eigenvalue weighted by molar-refractivity contribution is 5.39. The quantitative estimate of drug-likeness (QED) is 0.622. The van der Waals surface area contributed by atoms with E-state index in [2.05, 4.69) is 5.10 Å². The molecule has 0 aliphatic rings. The van der Waals surface area contributed by atoms with Gasteiger partial charge in [0.1, 0.15) is 11.6 Å². The van der Waals surface area contributed by atoms with Crippen molar-refractivity contribution in [1.82, 2.24) is 9.78 Å². The second-order valence-electron chi connectivity index (χ2n) is 5.01. The number of hydrogen-bond acceptors (Lipinski definition) is 5. The minimum Gasteiger partial charge on any atom is -0.266 e. The van der Waals surface area contributed by atoms with Gasteiger partial charge in [-0.05, 0) is 24.0 Å². The molecule has 0 saturated carbocycles. The fourth-order valence-electron chi connectivity index (χ4n) is 2.48. The second-order valence-corrected chi connectivity index (χ2v) is 5.01. The van der Waals surface area contributed by atoms with Crippen LogP contribution < -0.4 is 5.56 Å². The smallest absolute Gasteiger partial charge is 0.266 e. The number of nitriles is 1. The first-order valence-corrected chi connectivity index (χ1v) is 7.28. The second kappa shape index (κ2) is 6.83. The fraction of sp³-hybridized carbons (Fsp3) is 0.312. The maximum absolute atomic E-state index is 12.4. The number of nitro groups is 1. The molecular formula is C16H16N4O3. The van der Waals surface area contributed by atoms with E-state index < -0.39 is 10.5 Å². The molecule has 0 N–H and O–H groups in total. The van der Waals surface area contributed by atoms with Crippen molar-refractivity contribution < 1.29 is 4.92 Å². The molecule has 1 aromatic heterocycles. The molecule has 0 saturated heterocycles. The standard InChI is InChI=1S/C16H16N4O3/c1-3-13-14(9-17)16(21)19(18-15(13)4-2)10-11-6-5-7-12(8-11)20(22)23/h5-8H,3-4,10H2,1-2H3. The van der Waals surface area contributed by atoms with E-state index >= 15 is 0 Å². The van der Waals surface area contributed by atoms with Crippen molar-refractivity contribution in [3.05, 3.63) is 67.1 Å². The molecule has 0 spiro atoms. The Morgan fingerprint density at radius 3 is 2.65 bits per heavy atom. The summed E-state index contributed by atoms with van der Waals surface area (Å²) < 4.78 is 1.20. The lowest BCUT2D eigenvalue weighted by atomic mass is 10.0. The van der Waals surface area contributed by atoms with Gasteiger partial charge >= 0.3 is 0 Å². The molecule has 0 radical (unpaired) electrons. The van der Waals surface area contributed by atoms with Crippen molar-refractivity contribution in [1.29, 1.82) is 5.26 Å².